The molecule has 0 saturated carbocycles. The zero-order chi connectivity index (χ0) is 22.5. The van der Waals surface area contributed by atoms with Crippen LogP contribution in [0.5, 0.6) is 0 Å². The van der Waals surface area contributed by atoms with Gasteiger partial charge in [0.2, 0.25) is 0 Å². The maximum atomic E-state index is 14.6. The lowest BCUT2D eigenvalue weighted by molar-refractivity contribution is 0.0988. The Kier molecular flexibility index (Phi) is 6.77. The van der Waals surface area contributed by atoms with Crippen LogP contribution in [0.15, 0.2) is 60.8 Å². The third kappa shape index (κ3) is 5.32. The third-order valence-corrected chi connectivity index (χ3v) is 4.80. The number of ketones is 1. The van der Waals surface area contributed by atoms with Crippen LogP contribution in [0.25, 0.3) is 0 Å². The quantitative estimate of drug-likeness (QED) is 0.338. The number of carbonyl (C=O) groups is 2. The van der Waals surface area contributed by atoms with Crippen molar-refractivity contribution in [2.24, 2.45) is 0 Å². The molecule has 0 spiro atoms. The molecule has 158 valence electrons. The highest BCUT2D eigenvalue weighted by molar-refractivity contribution is 6.30. The van der Waals surface area contributed by atoms with Gasteiger partial charge < -0.3 is 10.2 Å². The van der Waals surface area contributed by atoms with Gasteiger partial charge in [0.15, 0.2) is 5.78 Å². The fourth-order valence-electron chi connectivity index (χ4n) is 2.94. The second kappa shape index (κ2) is 9.49. The van der Waals surface area contributed by atoms with E-state index >= 15 is 0 Å². The molecule has 1 amide bonds. The Balaban J connectivity index is 1.80. The van der Waals surface area contributed by atoms with Gasteiger partial charge in [0.25, 0.3) is 5.91 Å². The molecule has 6 nitrogen and oxygen atoms in total. The van der Waals surface area contributed by atoms with Gasteiger partial charge in [-0.1, -0.05) is 35.9 Å². The molecule has 0 radical (unpaired) electrons. The summed E-state index contributed by atoms with van der Waals surface area (Å²) < 4.78 is 14.6. The average Bonchev–Trinajstić information content (AvgIpc) is 2.74. The van der Waals surface area contributed by atoms with E-state index in [1.807, 2.05) is 0 Å². The number of aromatic nitrogens is 1. The van der Waals surface area contributed by atoms with E-state index < -0.39 is 17.5 Å². The minimum absolute atomic E-state index is 0.0927. The van der Waals surface area contributed by atoms with E-state index in [4.69, 9.17) is 17.0 Å². The summed E-state index contributed by atoms with van der Waals surface area (Å²) in [5.41, 5.74) is 1.03. The fraction of sp³-hybridized carbons (Fsp3) is 0.130. The summed E-state index contributed by atoms with van der Waals surface area (Å²) >= 11 is 5.80. The molecule has 0 unspecified atom stereocenters. The number of rotatable bonds is 6. The second-order valence-corrected chi connectivity index (χ2v) is 7.45. The Hall–Kier alpha value is -3.58. The lowest BCUT2D eigenvalue weighted by atomic mass is 9.97. The molecule has 3 aromatic rings. The molecule has 0 aliphatic carbocycles. The van der Waals surface area contributed by atoms with Crippen LogP contribution in [0.2, 0.25) is 5.02 Å². The molecule has 31 heavy (non-hydrogen) atoms. The molecule has 0 aliphatic rings. The molecule has 0 atom stereocenters. The number of nitrogens with one attached hydrogen (secondary N) is 2. The Labute approximate surface area is 184 Å². The zero-order valence-corrected chi connectivity index (χ0v) is 17.7. The van der Waals surface area contributed by atoms with Crippen LogP contribution in [0.3, 0.4) is 0 Å². The predicted octanol–water partition coefficient (Wildman–Crippen LogP) is 4.44. The van der Waals surface area contributed by atoms with E-state index in [1.54, 1.807) is 55.4 Å². The number of pyridine rings is 1. The Morgan fingerprint density at radius 3 is 2.48 bits per heavy atom. The number of benzene rings is 2. The van der Waals surface area contributed by atoms with Crippen molar-refractivity contribution in [2.45, 2.75) is 6.42 Å². The molecule has 2 aromatic carbocycles. The summed E-state index contributed by atoms with van der Waals surface area (Å²) in [5.74, 6) is -1.16. The molecule has 0 bridgehead atoms. The van der Waals surface area contributed by atoms with Crippen molar-refractivity contribution in [1.29, 1.82) is 5.41 Å². The van der Waals surface area contributed by atoms with Gasteiger partial charge in [-0.3, -0.25) is 15.0 Å². The van der Waals surface area contributed by atoms with Crippen molar-refractivity contribution >= 4 is 34.9 Å². The zero-order valence-electron chi connectivity index (χ0n) is 16.9. The number of hydrogen-bond donors (Lipinski definition) is 2. The number of amidine groups is 1. The molecule has 3 rings (SSSR count). The van der Waals surface area contributed by atoms with Gasteiger partial charge in [-0.15, -0.1) is 0 Å². The molecule has 1 aromatic heterocycles. The minimum atomic E-state index is -0.707. The third-order valence-electron chi connectivity index (χ3n) is 4.57. The van der Waals surface area contributed by atoms with Crippen LogP contribution in [-0.2, 0) is 6.42 Å². The number of amides is 1. The topological polar surface area (TPSA) is 86.2 Å². The van der Waals surface area contributed by atoms with Crippen LogP contribution in [-0.4, -0.2) is 41.5 Å². The van der Waals surface area contributed by atoms with Gasteiger partial charge in [-0.05, 0) is 35.9 Å². The van der Waals surface area contributed by atoms with Gasteiger partial charge in [0, 0.05) is 37.8 Å². The van der Waals surface area contributed by atoms with Gasteiger partial charge in [0.05, 0.1) is 10.6 Å². The molecular weight excluding hydrogens is 419 g/mol. The lowest BCUT2D eigenvalue weighted by Gasteiger charge is -2.14. The van der Waals surface area contributed by atoms with E-state index in [0.29, 0.717) is 27.5 Å². The first-order valence-corrected chi connectivity index (χ1v) is 9.74. The van der Waals surface area contributed by atoms with Crippen molar-refractivity contribution < 1.29 is 14.0 Å². The molecule has 2 N–H and O–H groups in total. The van der Waals surface area contributed by atoms with Gasteiger partial charge >= 0.3 is 0 Å². The number of hydrogen-bond acceptors (Lipinski definition) is 4. The maximum absolute atomic E-state index is 14.6. The maximum Gasteiger partial charge on any atom is 0.257 e. The summed E-state index contributed by atoms with van der Waals surface area (Å²) in [6.07, 6.45) is 1.26. The number of nitrogens with zero attached hydrogens (tertiary/aromatic N) is 2. The molecule has 0 aliphatic heterocycles. The highest BCUT2D eigenvalue weighted by Crippen LogP contribution is 2.18. The van der Waals surface area contributed by atoms with E-state index in [1.165, 1.54) is 24.4 Å². The van der Waals surface area contributed by atoms with Gasteiger partial charge in [0.1, 0.15) is 17.5 Å². The number of Topliss-reactive ketones (excluding diaryl/α,β-unsaturated/α-hetero) is 1. The summed E-state index contributed by atoms with van der Waals surface area (Å²) in [4.78, 5) is 31.0. The van der Waals surface area contributed by atoms with Crippen molar-refractivity contribution in [2.75, 3.05) is 19.4 Å². The summed E-state index contributed by atoms with van der Waals surface area (Å²) in [7, 11) is 3.36. The molecule has 0 fully saturated rings. The summed E-state index contributed by atoms with van der Waals surface area (Å²) in [5, 5.41) is 11.0. The first-order valence-electron chi connectivity index (χ1n) is 9.36. The molecule has 0 saturated heterocycles. The monoisotopic (exact) mass is 438 g/mol. The van der Waals surface area contributed by atoms with Crippen LogP contribution >= 0.6 is 11.6 Å². The van der Waals surface area contributed by atoms with Gasteiger partial charge in [-0.25, -0.2) is 9.37 Å². The normalized spacial score (nSPS) is 10.5. The SMILES string of the molecule is CN(C)C(=N)c1ccc(C(=O)Cc2ccccc2C(=O)Nc2ccc(Cl)cn2)c(F)c1. The smallest absolute Gasteiger partial charge is 0.257 e. The van der Waals surface area contributed by atoms with Crippen LogP contribution in [0.1, 0.15) is 31.8 Å². The Bertz CT molecular complexity index is 1150. The first-order chi connectivity index (χ1) is 14.8. The largest absolute Gasteiger partial charge is 0.363 e. The highest BCUT2D eigenvalue weighted by atomic mass is 35.5. The lowest BCUT2D eigenvalue weighted by Crippen LogP contribution is -2.22. The first kappa shape index (κ1) is 22.1. The Morgan fingerprint density at radius 2 is 1.84 bits per heavy atom. The fourth-order valence-corrected chi connectivity index (χ4v) is 3.06. The van der Waals surface area contributed by atoms with Crippen molar-refractivity contribution in [3.8, 4) is 0 Å². The minimum Gasteiger partial charge on any atom is -0.363 e. The van der Waals surface area contributed by atoms with Gasteiger partial charge in [-0.2, -0.15) is 0 Å². The highest BCUT2D eigenvalue weighted by Gasteiger charge is 2.18. The molecular formula is C23H20ClFN4O2. The number of carbonyl (C=O) groups excluding carboxylic acids is 2. The second-order valence-electron chi connectivity index (χ2n) is 7.01. The standard InChI is InChI=1S/C23H20ClFN4O2/c1-29(2)22(26)15-7-9-18(19(25)11-15)20(30)12-14-5-3-4-6-17(14)23(31)28-21-10-8-16(24)13-27-21/h3-11,13,26H,12H2,1-2H3,(H,27,28,31). The molecule has 1 heterocycles. The summed E-state index contributed by atoms with van der Waals surface area (Å²) in [6.45, 7) is 0. The number of halogens is 2. The van der Waals surface area contributed by atoms with Crippen molar-refractivity contribution in [3.63, 3.8) is 0 Å². The Morgan fingerprint density at radius 1 is 1.10 bits per heavy atom. The summed E-state index contributed by atoms with van der Waals surface area (Å²) in [6, 6.07) is 13.9. The van der Waals surface area contributed by atoms with E-state index in [-0.39, 0.29) is 17.8 Å². The van der Waals surface area contributed by atoms with E-state index in [2.05, 4.69) is 10.3 Å². The van der Waals surface area contributed by atoms with E-state index in [9.17, 15) is 14.0 Å². The van der Waals surface area contributed by atoms with E-state index in [0.717, 1.165) is 0 Å². The predicted molar refractivity (Wildman–Crippen MR) is 119 cm³/mol. The van der Waals surface area contributed by atoms with Crippen molar-refractivity contribution in [1.82, 2.24) is 9.88 Å². The average molecular weight is 439 g/mol. The van der Waals surface area contributed by atoms with Crippen LogP contribution in [0.4, 0.5) is 10.2 Å². The molecule has 8 heteroatoms. The van der Waals surface area contributed by atoms with Crippen LogP contribution < -0.4 is 5.32 Å². The van der Waals surface area contributed by atoms with Crippen molar-refractivity contribution in [3.05, 3.63) is 93.9 Å². The van der Waals surface area contributed by atoms with Crippen LogP contribution in [0, 0.1) is 11.2 Å². The number of anilines is 1.